The number of hydrogen-bond acceptors (Lipinski definition) is 3. The monoisotopic (exact) mass is 306 g/mol. The molecule has 2 aromatic heterocycles. The van der Waals surface area contributed by atoms with Gasteiger partial charge in [0, 0.05) is 12.1 Å². The van der Waals surface area contributed by atoms with Crippen molar-refractivity contribution in [2.24, 2.45) is 0 Å². The highest BCUT2D eigenvalue weighted by molar-refractivity contribution is 7.80. The summed E-state index contributed by atoms with van der Waals surface area (Å²) in [5, 5.41) is 9.83. The molecule has 22 heavy (non-hydrogen) atoms. The lowest BCUT2D eigenvalue weighted by atomic mass is 10.1. The van der Waals surface area contributed by atoms with E-state index in [0.717, 1.165) is 5.56 Å². The van der Waals surface area contributed by atoms with Crippen molar-refractivity contribution in [3.8, 4) is 23.0 Å². The Bertz CT molecular complexity index is 912. The van der Waals surface area contributed by atoms with E-state index in [4.69, 9.17) is 0 Å². The van der Waals surface area contributed by atoms with Crippen LogP contribution in [0.15, 0.2) is 70.7 Å². The molecule has 0 aliphatic heterocycles. The Hall–Kier alpha value is -2.84. The number of benzene rings is 1. The molecule has 4 nitrogen and oxygen atoms in total. The Kier molecular flexibility index (Phi) is 3.77. The second-order valence-electron chi connectivity index (χ2n) is 4.66. The number of rotatable bonds is 2. The molecule has 2 heterocycles. The minimum absolute atomic E-state index is 0.0790. The molecule has 0 saturated carbocycles. The number of hydrogen-bond donors (Lipinski definition) is 2. The molecule has 0 fully saturated rings. The van der Waals surface area contributed by atoms with Crippen LogP contribution in [0.1, 0.15) is 5.56 Å². The first-order valence-corrected chi connectivity index (χ1v) is 7.08. The van der Waals surface area contributed by atoms with Crippen LogP contribution in [0, 0.1) is 11.3 Å². The first kappa shape index (κ1) is 14.1. The first-order valence-electron chi connectivity index (χ1n) is 6.64. The van der Waals surface area contributed by atoms with Gasteiger partial charge in [-0.2, -0.15) is 9.83 Å². The van der Waals surface area contributed by atoms with Gasteiger partial charge >= 0.3 is 0 Å². The highest BCUT2D eigenvalue weighted by Crippen LogP contribution is 2.21. The topological polar surface area (TPSA) is 60.5 Å². The van der Waals surface area contributed by atoms with Crippen molar-refractivity contribution in [1.82, 2.24) is 4.98 Å². The van der Waals surface area contributed by atoms with Gasteiger partial charge in [0.05, 0.1) is 5.69 Å². The summed E-state index contributed by atoms with van der Waals surface area (Å²) in [7, 11) is 0. The molecule has 0 spiro atoms. The van der Waals surface area contributed by atoms with Crippen molar-refractivity contribution < 1.29 is 4.57 Å². The van der Waals surface area contributed by atoms with E-state index < -0.39 is 0 Å². The Morgan fingerprint density at radius 2 is 1.68 bits per heavy atom. The third-order valence-electron chi connectivity index (χ3n) is 3.31. The number of H-pyrrole nitrogens is 1. The molecule has 3 aromatic rings. The quantitative estimate of drug-likeness (QED) is 0.564. The van der Waals surface area contributed by atoms with E-state index in [2.05, 4.69) is 17.6 Å². The predicted octanol–water partition coefficient (Wildman–Crippen LogP) is 2.48. The number of aromatic nitrogens is 2. The second kappa shape index (κ2) is 5.88. The number of nitrogens with zero attached hydrogens (tertiary/aromatic N) is 2. The van der Waals surface area contributed by atoms with Crippen LogP contribution < -0.4 is 10.00 Å². The number of nitrogens with one attached hydrogen (secondary N) is 1. The zero-order chi connectivity index (χ0) is 15.5. The van der Waals surface area contributed by atoms with E-state index in [-0.39, 0.29) is 11.0 Å². The van der Waals surface area contributed by atoms with Gasteiger partial charge in [0.2, 0.25) is 0 Å². The van der Waals surface area contributed by atoms with Gasteiger partial charge in [0.15, 0.2) is 12.4 Å². The van der Waals surface area contributed by atoms with Crippen molar-refractivity contribution in [1.29, 1.82) is 5.26 Å². The summed E-state index contributed by atoms with van der Waals surface area (Å²) in [6, 6.07) is 16.8. The highest BCUT2D eigenvalue weighted by Gasteiger charge is 2.22. The van der Waals surface area contributed by atoms with Crippen LogP contribution in [-0.2, 0) is 0 Å². The Labute approximate surface area is 132 Å². The maximum Gasteiger partial charge on any atom is 0.289 e. The Morgan fingerprint density at radius 1 is 1.05 bits per heavy atom. The zero-order valence-corrected chi connectivity index (χ0v) is 12.4. The third kappa shape index (κ3) is 2.41. The Morgan fingerprint density at radius 3 is 2.32 bits per heavy atom. The van der Waals surface area contributed by atoms with E-state index >= 15 is 0 Å². The number of nitriles is 1. The van der Waals surface area contributed by atoms with E-state index in [9.17, 15) is 10.1 Å². The smallest absolute Gasteiger partial charge is 0.289 e. The summed E-state index contributed by atoms with van der Waals surface area (Å²) in [5.74, 6) is 0. The number of pyridine rings is 2. The molecule has 0 aliphatic carbocycles. The fourth-order valence-corrected chi connectivity index (χ4v) is 2.62. The molecule has 3 rings (SSSR count). The van der Waals surface area contributed by atoms with Crippen LogP contribution in [0.3, 0.4) is 0 Å². The maximum absolute atomic E-state index is 12.7. The van der Waals surface area contributed by atoms with E-state index in [0.29, 0.717) is 16.4 Å². The van der Waals surface area contributed by atoms with E-state index in [1.54, 1.807) is 17.0 Å². The SMILES string of the molecule is N#Cc1c(-c2ccccc2)[nH]c(S)c(-[n+]2ccccc2)c1=O. The van der Waals surface area contributed by atoms with Gasteiger partial charge in [0.25, 0.3) is 11.1 Å². The number of aromatic amines is 1. The summed E-state index contributed by atoms with van der Waals surface area (Å²) in [6.07, 6.45) is 3.49. The van der Waals surface area contributed by atoms with Crippen molar-refractivity contribution in [2.75, 3.05) is 0 Å². The van der Waals surface area contributed by atoms with Gasteiger partial charge in [-0.15, -0.1) is 12.6 Å². The van der Waals surface area contributed by atoms with Gasteiger partial charge < -0.3 is 4.98 Å². The summed E-state index contributed by atoms with van der Waals surface area (Å²) in [4.78, 5) is 15.8. The van der Waals surface area contributed by atoms with E-state index in [1.165, 1.54) is 0 Å². The molecular weight excluding hydrogens is 294 g/mol. The second-order valence-corrected chi connectivity index (χ2v) is 5.11. The lowest BCUT2D eigenvalue weighted by molar-refractivity contribution is -0.599. The largest absolute Gasteiger partial charge is 0.343 e. The fourth-order valence-electron chi connectivity index (χ4n) is 2.29. The predicted molar refractivity (Wildman–Crippen MR) is 86.0 cm³/mol. The summed E-state index contributed by atoms with van der Waals surface area (Å²) in [5.41, 5.74) is 1.33. The highest BCUT2D eigenvalue weighted by atomic mass is 32.1. The Balaban J connectivity index is 2.31. The van der Waals surface area contributed by atoms with Gasteiger partial charge in [-0.3, -0.25) is 4.79 Å². The molecular formula is C17H12N3OS+. The lowest BCUT2D eigenvalue weighted by Gasteiger charge is -2.07. The molecule has 0 aliphatic rings. The molecule has 0 bridgehead atoms. The van der Waals surface area contributed by atoms with Crippen LogP contribution in [0.25, 0.3) is 16.9 Å². The first-order chi connectivity index (χ1) is 10.7. The van der Waals surface area contributed by atoms with Crippen LogP contribution in [0.5, 0.6) is 0 Å². The van der Waals surface area contributed by atoms with Gasteiger partial charge in [-0.1, -0.05) is 36.4 Å². The summed E-state index contributed by atoms with van der Waals surface area (Å²) < 4.78 is 1.65. The normalized spacial score (nSPS) is 10.2. The van der Waals surface area contributed by atoms with Crippen LogP contribution in [0.2, 0.25) is 0 Å². The molecule has 106 valence electrons. The lowest BCUT2D eigenvalue weighted by Crippen LogP contribution is -2.37. The van der Waals surface area contributed by atoms with Crippen LogP contribution >= 0.6 is 12.6 Å². The van der Waals surface area contributed by atoms with Crippen molar-refractivity contribution in [3.05, 3.63) is 76.7 Å². The minimum atomic E-state index is -0.346. The zero-order valence-electron chi connectivity index (χ0n) is 11.5. The summed E-state index contributed by atoms with van der Waals surface area (Å²) in [6.45, 7) is 0. The molecule has 0 unspecified atom stereocenters. The van der Waals surface area contributed by atoms with Gasteiger partial charge in [0.1, 0.15) is 16.7 Å². The van der Waals surface area contributed by atoms with Gasteiger partial charge in [-0.25, -0.2) is 0 Å². The van der Waals surface area contributed by atoms with Gasteiger partial charge in [-0.05, 0) is 5.56 Å². The standard InChI is InChI=1S/C17H11N3OS/c18-11-13-14(12-7-3-1-4-8-12)19-17(22)15(16(13)21)20-9-5-2-6-10-20/h1-10H,(H-,19,21,22)/p+1. The molecule has 5 heteroatoms. The fraction of sp³-hybridized carbons (Fsp3) is 0. The molecule has 1 N–H and O–H groups in total. The molecule has 0 amide bonds. The molecule has 0 atom stereocenters. The average molecular weight is 306 g/mol. The van der Waals surface area contributed by atoms with Crippen LogP contribution in [-0.4, -0.2) is 4.98 Å². The number of thiol groups is 1. The van der Waals surface area contributed by atoms with E-state index in [1.807, 2.05) is 54.6 Å². The molecule has 1 aromatic carbocycles. The van der Waals surface area contributed by atoms with Crippen molar-refractivity contribution >= 4 is 12.6 Å². The van der Waals surface area contributed by atoms with Crippen LogP contribution in [0.4, 0.5) is 0 Å². The maximum atomic E-state index is 12.7. The average Bonchev–Trinajstić information content (AvgIpc) is 2.56. The van der Waals surface area contributed by atoms with Crippen molar-refractivity contribution in [3.63, 3.8) is 0 Å². The summed E-state index contributed by atoms with van der Waals surface area (Å²) >= 11 is 4.40. The minimum Gasteiger partial charge on any atom is -0.343 e. The van der Waals surface area contributed by atoms with Crippen molar-refractivity contribution in [2.45, 2.75) is 5.03 Å². The molecule has 0 radical (unpaired) electrons. The third-order valence-corrected chi connectivity index (χ3v) is 3.63. The molecule has 0 saturated heterocycles.